The Labute approximate surface area is 173 Å². The number of aliphatic hydroxyl groups excluding tert-OH is 1. The van der Waals surface area contributed by atoms with Gasteiger partial charge in [0.2, 0.25) is 0 Å². The number of hydrogen-bond donors (Lipinski definition) is 2. The lowest BCUT2D eigenvalue weighted by Gasteiger charge is -2.13. The van der Waals surface area contributed by atoms with Gasteiger partial charge in [-0.2, -0.15) is 4.57 Å². The van der Waals surface area contributed by atoms with Gasteiger partial charge in [0.15, 0.2) is 23.1 Å². The normalized spacial score (nSPS) is 11.7. The molecule has 2 N–H and O–H groups in total. The summed E-state index contributed by atoms with van der Waals surface area (Å²) in [4.78, 5) is 0.438. The van der Waals surface area contributed by atoms with Crippen LogP contribution in [-0.2, 0) is 0 Å². The number of hydrogen-bond acceptors (Lipinski definition) is 2. The van der Waals surface area contributed by atoms with Gasteiger partial charge < -0.3 is 10.4 Å². The Morgan fingerprint density at radius 2 is 1.70 bits per heavy atom. The van der Waals surface area contributed by atoms with Crippen LogP contribution in [0.3, 0.4) is 0 Å². The minimum absolute atomic E-state index is 0.0986. The topological polar surface area (TPSA) is 36.1 Å². The summed E-state index contributed by atoms with van der Waals surface area (Å²) in [6.07, 6.45) is 3.72. The number of nitrogens with one attached hydrogen (secondary N) is 1. The highest BCUT2D eigenvalue weighted by Crippen LogP contribution is 2.26. The first kappa shape index (κ1) is 19.3. The van der Waals surface area contributed by atoms with Gasteiger partial charge in [-0.1, -0.05) is 58.5 Å². The van der Waals surface area contributed by atoms with Crippen molar-refractivity contribution in [3.05, 3.63) is 94.2 Å². The van der Waals surface area contributed by atoms with Gasteiger partial charge >= 0.3 is 0 Å². The molecule has 0 unspecified atom stereocenters. The number of rotatable bonds is 4. The van der Waals surface area contributed by atoms with Crippen LogP contribution < -0.4 is 9.88 Å². The zero-order valence-electron chi connectivity index (χ0n) is 15.1. The van der Waals surface area contributed by atoms with Crippen molar-refractivity contribution in [3.63, 3.8) is 0 Å². The molecule has 2 aromatic carbocycles. The second-order valence-electron chi connectivity index (χ2n) is 6.23. The second-order valence-corrected chi connectivity index (χ2v) is 7.49. The third-order valence-electron chi connectivity index (χ3n) is 4.18. The van der Waals surface area contributed by atoms with Crippen molar-refractivity contribution >= 4 is 50.3 Å². The van der Waals surface area contributed by atoms with E-state index in [1.165, 1.54) is 0 Å². The molecule has 0 spiro atoms. The van der Waals surface area contributed by atoms with Crippen LogP contribution in [0.4, 0.5) is 5.69 Å². The molecule has 3 aromatic rings. The largest absolute Gasteiger partial charge is 0.502 e. The highest BCUT2D eigenvalue weighted by atomic mass is 79.9. The van der Waals surface area contributed by atoms with E-state index in [9.17, 15) is 5.11 Å². The maximum absolute atomic E-state index is 11.1. The van der Waals surface area contributed by atoms with E-state index >= 15 is 0 Å². The average Bonchev–Trinajstić information content (AvgIpc) is 2.66. The fourth-order valence-corrected chi connectivity index (χ4v) is 3.51. The first-order valence-electron chi connectivity index (χ1n) is 8.51. The van der Waals surface area contributed by atoms with Crippen LogP contribution in [0.2, 0.25) is 0 Å². The van der Waals surface area contributed by atoms with Gasteiger partial charge in [-0.15, -0.1) is 0 Å². The monoisotopic (exact) mass is 439 g/mol. The number of nitrogens with zero attached hydrogens (tertiary/aromatic N) is 1. The second kappa shape index (κ2) is 8.46. The zero-order valence-corrected chi connectivity index (χ0v) is 17.5. The van der Waals surface area contributed by atoms with Crippen LogP contribution in [0, 0.1) is 13.8 Å². The Morgan fingerprint density at radius 1 is 1.00 bits per heavy atom. The van der Waals surface area contributed by atoms with E-state index in [0.29, 0.717) is 16.2 Å². The maximum atomic E-state index is 11.1. The molecule has 0 saturated carbocycles. The molecule has 0 bridgehead atoms. The van der Waals surface area contributed by atoms with Crippen molar-refractivity contribution in [3.8, 4) is 0 Å². The number of aryl methyl sites for hydroxylation is 2. The van der Waals surface area contributed by atoms with E-state index in [1.54, 1.807) is 0 Å². The third-order valence-corrected chi connectivity index (χ3v) is 5.17. The Balaban J connectivity index is 2.11. The van der Waals surface area contributed by atoms with Crippen molar-refractivity contribution in [2.75, 3.05) is 5.32 Å². The molecule has 0 atom stereocenters. The lowest BCUT2D eigenvalue weighted by Crippen LogP contribution is -2.38. The van der Waals surface area contributed by atoms with Crippen LogP contribution >= 0.6 is 28.1 Å². The number of aromatic nitrogens is 1. The van der Waals surface area contributed by atoms with Crippen LogP contribution in [-0.4, -0.2) is 10.1 Å². The smallest absolute Gasteiger partial charge is 0.288 e. The molecule has 136 valence electrons. The van der Waals surface area contributed by atoms with Crippen LogP contribution in [0.1, 0.15) is 16.7 Å². The molecule has 0 aliphatic carbocycles. The molecule has 0 amide bonds. The van der Waals surface area contributed by atoms with Gasteiger partial charge in [0.25, 0.3) is 5.70 Å². The van der Waals surface area contributed by atoms with Gasteiger partial charge in [0.05, 0.1) is 0 Å². The van der Waals surface area contributed by atoms with Crippen molar-refractivity contribution in [2.45, 2.75) is 13.8 Å². The number of halogens is 1. The average molecular weight is 440 g/mol. The lowest BCUT2D eigenvalue weighted by molar-refractivity contribution is -0.575. The van der Waals surface area contributed by atoms with E-state index in [2.05, 4.69) is 27.3 Å². The van der Waals surface area contributed by atoms with Gasteiger partial charge in [-0.3, -0.25) is 0 Å². The summed E-state index contributed by atoms with van der Waals surface area (Å²) < 4.78 is 2.61. The lowest BCUT2D eigenvalue weighted by atomic mass is 10.1. The molecule has 0 saturated heterocycles. The van der Waals surface area contributed by atoms with Gasteiger partial charge in [-0.25, -0.2) is 0 Å². The molecule has 27 heavy (non-hydrogen) atoms. The van der Waals surface area contributed by atoms with Crippen molar-refractivity contribution in [2.24, 2.45) is 0 Å². The molecule has 1 aromatic heterocycles. The van der Waals surface area contributed by atoms with Gasteiger partial charge in [-0.05, 0) is 43.2 Å². The quantitative estimate of drug-likeness (QED) is 0.237. The predicted molar refractivity (Wildman–Crippen MR) is 119 cm³/mol. The fraction of sp³-hybridized carbons (Fsp3) is 0.0909. The fourth-order valence-electron chi connectivity index (χ4n) is 2.73. The van der Waals surface area contributed by atoms with Crippen LogP contribution in [0.15, 0.2) is 77.5 Å². The Hall–Kier alpha value is -2.50. The Kier molecular flexibility index (Phi) is 6.04. The molecular formula is C22H20BrN2OS+. The molecule has 3 nitrogen and oxygen atoms in total. The van der Waals surface area contributed by atoms with Crippen LogP contribution in [0.5, 0.6) is 0 Å². The number of thiocarbonyl (C=S) groups is 1. The van der Waals surface area contributed by atoms with E-state index in [4.69, 9.17) is 12.2 Å². The highest BCUT2D eigenvalue weighted by molar-refractivity contribution is 9.10. The minimum atomic E-state index is 0.0986. The first-order valence-corrected chi connectivity index (χ1v) is 9.71. The predicted octanol–water partition coefficient (Wildman–Crippen LogP) is 5.68. The molecule has 3 rings (SSSR count). The molecule has 5 heteroatoms. The van der Waals surface area contributed by atoms with E-state index in [1.807, 2.05) is 85.4 Å². The SMILES string of the molecule is Cc1ccc(C)c(NC(=S)/C(=C(\O)c2ccccc2Br)[n+]2ccccc2)c1. The molecule has 0 aliphatic rings. The van der Waals surface area contributed by atoms with Crippen LogP contribution in [0.25, 0.3) is 11.5 Å². The summed E-state index contributed by atoms with van der Waals surface area (Å²) in [5.41, 5.74) is 4.33. The maximum Gasteiger partial charge on any atom is 0.288 e. The highest BCUT2D eigenvalue weighted by Gasteiger charge is 2.25. The zero-order chi connectivity index (χ0) is 19.4. The van der Waals surface area contributed by atoms with Gasteiger partial charge in [0, 0.05) is 27.9 Å². The van der Waals surface area contributed by atoms with Gasteiger partial charge in [0.1, 0.15) is 0 Å². The molecule has 1 heterocycles. The molecule has 0 radical (unpaired) electrons. The summed E-state index contributed by atoms with van der Waals surface area (Å²) in [5.74, 6) is 0.0986. The molecular weight excluding hydrogens is 420 g/mol. The number of aliphatic hydroxyl groups is 1. The third kappa shape index (κ3) is 4.43. The summed E-state index contributed by atoms with van der Waals surface area (Å²) >= 11 is 9.20. The number of anilines is 1. The van der Waals surface area contributed by atoms with E-state index < -0.39 is 0 Å². The molecule has 0 aliphatic heterocycles. The Bertz CT molecular complexity index is 1020. The first-order chi connectivity index (χ1) is 13.0. The van der Waals surface area contributed by atoms with Crippen molar-refractivity contribution in [1.29, 1.82) is 0 Å². The summed E-state index contributed by atoms with van der Waals surface area (Å²) in [6, 6.07) is 19.4. The molecule has 0 fully saturated rings. The summed E-state index contributed by atoms with van der Waals surface area (Å²) in [7, 11) is 0. The Morgan fingerprint density at radius 3 is 2.41 bits per heavy atom. The minimum Gasteiger partial charge on any atom is -0.502 e. The number of pyridine rings is 1. The van der Waals surface area contributed by atoms with Crippen molar-refractivity contribution < 1.29 is 9.67 Å². The standard InChI is InChI=1S/C22H19BrN2OS/c1-15-10-11-16(2)19(14-15)24-22(27)20(25-12-6-3-7-13-25)21(26)17-8-4-5-9-18(17)23/h3-14H,1-2H3,(H-,24,26,27)/p+1. The van der Waals surface area contributed by atoms with Crippen molar-refractivity contribution in [1.82, 2.24) is 0 Å². The summed E-state index contributed by atoms with van der Waals surface area (Å²) in [5, 5.41) is 14.4. The summed E-state index contributed by atoms with van der Waals surface area (Å²) in [6.45, 7) is 4.06. The number of benzene rings is 2. The van der Waals surface area contributed by atoms with E-state index in [-0.39, 0.29) is 5.76 Å². The van der Waals surface area contributed by atoms with E-state index in [0.717, 1.165) is 21.3 Å².